The number of aliphatic hydroxyl groups excluding tert-OH is 1. The molecule has 2 N–H and O–H groups in total. The molecule has 1 heterocycles. The van der Waals surface area contributed by atoms with Crippen LogP contribution in [0.2, 0.25) is 5.02 Å². The lowest BCUT2D eigenvalue weighted by Crippen LogP contribution is -2.29. The predicted molar refractivity (Wildman–Crippen MR) is 79.0 cm³/mol. The van der Waals surface area contributed by atoms with Gasteiger partial charge in [-0.3, -0.25) is 4.79 Å². The average Bonchev–Trinajstić information content (AvgIpc) is 3.08. The fourth-order valence-corrected chi connectivity index (χ4v) is 2.79. The van der Waals surface area contributed by atoms with Gasteiger partial charge in [-0.05, 0) is 36.1 Å². The zero-order valence-corrected chi connectivity index (χ0v) is 12.1. The fourth-order valence-electron chi connectivity index (χ4n) is 2.51. The Morgan fingerprint density at radius 2 is 2.19 bits per heavy atom. The van der Waals surface area contributed by atoms with Gasteiger partial charge < -0.3 is 14.8 Å². The summed E-state index contributed by atoms with van der Waals surface area (Å²) >= 11 is 6.14. The SMILES string of the molecule is O=C(NC[C@H](O)c1ccco1)[C@H]1C[C@@H]1c1ccccc1Cl. The number of hydrogen-bond acceptors (Lipinski definition) is 3. The van der Waals surface area contributed by atoms with E-state index in [1.54, 1.807) is 12.1 Å². The summed E-state index contributed by atoms with van der Waals surface area (Å²) in [4.78, 5) is 12.1. The minimum Gasteiger partial charge on any atom is -0.467 e. The maximum Gasteiger partial charge on any atom is 0.223 e. The largest absolute Gasteiger partial charge is 0.467 e. The molecule has 1 aliphatic rings. The van der Waals surface area contributed by atoms with Crippen LogP contribution >= 0.6 is 11.6 Å². The van der Waals surface area contributed by atoms with E-state index in [2.05, 4.69) is 5.32 Å². The number of furan rings is 1. The van der Waals surface area contributed by atoms with Crippen molar-refractivity contribution in [1.29, 1.82) is 0 Å². The summed E-state index contributed by atoms with van der Waals surface area (Å²) in [6.07, 6.45) is 1.47. The van der Waals surface area contributed by atoms with Crippen molar-refractivity contribution in [3.63, 3.8) is 0 Å². The van der Waals surface area contributed by atoms with Crippen molar-refractivity contribution in [2.24, 2.45) is 5.92 Å². The summed E-state index contributed by atoms with van der Waals surface area (Å²) in [5, 5.41) is 13.3. The Kier molecular flexibility index (Phi) is 3.99. The van der Waals surface area contributed by atoms with Crippen LogP contribution in [-0.2, 0) is 4.79 Å². The summed E-state index contributed by atoms with van der Waals surface area (Å²) in [7, 11) is 0. The van der Waals surface area contributed by atoms with E-state index >= 15 is 0 Å². The van der Waals surface area contributed by atoms with Gasteiger partial charge in [0.15, 0.2) is 0 Å². The van der Waals surface area contributed by atoms with Gasteiger partial charge in [0.1, 0.15) is 11.9 Å². The van der Waals surface area contributed by atoms with Crippen LogP contribution in [0, 0.1) is 5.92 Å². The van der Waals surface area contributed by atoms with Gasteiger partial charge in [0.2, 0.25) is 5.91 Å². The summed E-state index contributed by atoms with van der Waals surface area (Å²) < 4.78 is 5.09. The first-order valence-corrected chi connectivity index (χ1v) is 7.28. The Hall–Kier alpha value is -1.78. The van der Waals surface area contributed by atoms with Gasteiger partial charge >= 0.3 is 0 Å². The van der Waals surface area contributed by atoms with Crippen molar-refractivity contribution >= 4 is 17.5 Å². The summed E-state index contributed by atoms with van der Waals surface area (Å²) in [5.41, 5.74) is 1.02. The molecule has 0 spiro atoms. The first-order chi connectivity index (χ1) is 10.2. The standard InChI is InChI=1S/C16H16ClNO3/c17-13-5-2-1-4-10(13)11-8-12(11)16(20)18-9-14(19)15-6-3-7-21-15/h1-7,11-12,14,19H,8-9H2,(H,18,20)/t11-,12+,14+/m1/s1. The molecular formula is C16H16ClNO3. The van der Waals surface area contributed by atoms with Gasteiger partial charge in [-0.15, -0.1) is 0 Å². The number of carbonyl (C=O) groups excluding carboxylic acids is 1. The lowest BCUT2D eigenvalue weighted by molar-refractivity contribution is -0.122. The highest BCUT2D eigenvalue weighted by Gasteiger charge is 2.44. The Labute approximate surface area is 127 Å². The molecule has 2 aromatic rings. The van der Waals surface area contributed by atoms with E-state index in [0.29, 0.717) is 10.8 Å². The fraction of sp³-hybridized carbons (Fsp3) is 0.312. The molecular weight excluding hydrogens is 290 g/mol. The van der Waals surface area contributed by atoms with E-state index in [9.17, 15) is 9.90 Å². The molecule has 1 aliphatic carbocycles. The second kappa shape index (κ2) is 5.92. The molecule has 0 aliphatic heterocycles. The minimum absolute atomic E-state index is 0.0504. The van der Waals surface area contributed by atoms with Crippen molar-refractivity contribution in [2.75, 3.05) is 6.54 Å². The topological polar surface area (TPSA) is 62.5 Å². The van der Waals surface area contributed by atoms with Crippen LogP contribution < -0.4 is 5.32 Å². The Bertz CT molecular complexity index is 626. The maximum absolute atomic E-state index is 12.1. The molecule has 110 valence electrons. The van der Waals surface area contributed by atoms with E-state index < -0.39 is 6.10 Å². The molecule has 1 amide bonds. The molecule has 1 aromatic heterocycles. The Balaban J connectivity index is 1.53. The van der Waals surface area contributed by atoms with Crippen LogP contribution in [0.25, 0.3) is 0 Å². The predicted octanol–water partition coefficient (Wildman–Crippen LogP) is 2.89. The van der Waals surface area contributed by atoms with Gasteiger partial charge in [0.25, 0.3) is 0 Å². The zero-order chi connectivity index (χ0) is 14.8. The van der Waals surface area contributed by atoms with E-state index in [1.165, 1.54) is 6.26 Å². The molecule has 5 heteroatoms. The molecule has 1 aromatic carbocycles. The molecule has 0 saturated heterocycles. The normalized spacial score (nSPS) is 21.8. The van der Waals surface area contributed by atoms with Crippen molar-refractivity contribution < 1.29 is 14.3 Å². The third kappa shape index (κ3) is 3.12. The van der Waals surface area contributed by atoms with E-state index in [0.717, 1.165) is 12.0 Å². The monoisotopic (exact) mass is 305 g/mol. The van der Waals surface area contributed by atoms with Gasteiger partial charge in [0.05, 0.1) is 12.8 Å². The summed E-state index contributed by atoms with van der Waals surface area (Å²) in [5.74, 6) is 0.521. The highest BCUT2D eigenvalue weighted by Crippen LogP contribution is 2.49. The quantitative estimate of drug-likeness (QED) is 0.893. The molecule has 3 atom stereocenters. The van der Waals surface area contributed by atoms with Gasteiger partial charge in [-0.1, -0.05) is 29.8 Å². The second-order valence-corrected chi connectivity index (χ2v) is 5.65. The van der Waals surface area contributed by atoms with Crippen molar-refractivity contribution in [3.05, 3.63) is 59.0 Å². The second-order valence-electron chi connectivity index (χ2n) is 5.25. The first-order valence-electron chi connectivity index (χ1n) is 6.90. The first kappa shape index (κ1) is 14.2. The number of hydrogen-bond donors (Lipinski definition) is 2. The molecule has 3 rings (SSSR count). The number of nitrogens with one attached hydrogen (secondary N) is 1. The molecule has 1 saturated carbocycles. The maximum atomic E-state index is 12.1. The van der Waals surface area contributed by atoms with Gasteiger partial charge in [-0.2, -0.15) is 0 Å². The number of amides is 1. The van der Waals surface area contributed by atoms with Crippen LogP contribution in [0.1, 0.15) is 29.8 Å². The van der Waals surface area contributed by atoms with Crippen molar-refractivity contribution in [3.8, 4) is 0 Å². The van der Waals surface area contributed by atoms with E-state index in [4.69, 9.17) is 16.0 Å². The van der Waals surface area contributed by atoms with Gasteiger partial charge in [-0.25, -0.2) is 0 Å². The Morgan fingerprint density at radius 1 is 1.38 bits per heavy atom. The lowest BCUT2D eigenvalue weighted by atomic mass is 10.1. The van der Waals surface area contributed by atoms with E-state index in [1.807, 2.05) is 24.3 Å². The number of carbonyl (C=O) groups is 1. The van der Waals surface area contributed by atoms with E-state index in [-0.39, 0.29) is 24.3 Å². The molecule has 0 radical (unpaired) electrons. The van der Waals surface area contributed by atoms with Crippen LogP contribution in [0.3, 0.4) is 0 Å². The molecule has 0 unspecified atom stereocenters. The summed E-state index contributed by atoms with van der Waals surface area (Å²) in [6, 6.07) is 11.0. The molecule has 1 fully saturated rings. The number of halogens is 1. The smallest absolute Gasteiger partial charge is 0.223 e. The lowest BCUT2D eigenvalue weighted by Gasteiger charge is -2.09. The van der Waals surface area contributed by atoms with Crippen molar-refractivity contribution in [1.82, 2.24) is 5.32 Å². The number of benzene rings is 1. The number of rotatable bonds is 5. The minimum atomic E-state index is -0.818. The summed E-state index contributed by atoms with van der Waals surface area (Å²) in [6.45, 7) is 0.151. The highest BCUT2D eigenvalue weighted by molar-refractivity contribution is 6.31. The van der Waals surface area contributed by atoms with Crippen LogP contribution in [-0.4, -0.2) is 17.6 Å². The molecule has 0 bridgehead atoms. The zero-order valence-electron chi connectivity index (χ0n) is 11.3. The highest BCUT2D eigenvalue weighted by atomic mass is 35.5. The molecule has 21 heavy (non-hydrogen) atoms. The van der Waals surface area contributed by atoms with Crippen LogP contribution in [0.4, 0.5) is 0 Å². The third-order valence-corrected chi connectivity index (χ3v) is 4.12. The number of aliphatic hydroxyl groups is 1. The molecule has 4 nitrogen and oxygen atoms in total. The van der Waals surface area contributed by atoms with Gasteiger partial charge in [0, 0.05) is 10.9 Å². The van der Waals surface area contributed by atoms with Crippen LogP contribution in [0.15, 0.2) is 47.1 Å². The Morgan fingerprint density at radius 3 is 2.90 bits per heavy atom. The average molecular weight is 306 g/mol. The third-order valence-electron chi connectivity index (χ3n) is 3.77. The van der Waals surface area contributed by atoms with Crippen molar-refractivity contribution in [2.45, 2.75) is 18.4 Å². The van der Waals surface area contributed by atoms with Crippen LogP contribution in [0.5, 0.6) is 0 Å².